The standard InChI is InChI=1S/C23H20N2O3/c1-2-21(26)24-15-11-13-16(14-12-15)25-23(27)22-17-7-3-5-9-19(17)28-20-10-6-4-8-18(20)22/h3-14,22H,2H2,1H3,(H,24,26)(H,25,27). The van der Waals surface area contributed by atoms with Gasteiger partial charge in [-0.3, -0.25) is 9.59 Å². The normalized spacial score (nSPS) is 12.3. The van der Waals surface area contributed by atoms with E-state index in [9.17, 15) is 9.59 Å². The second kappa shape index (κ2) is 7.56. The number of fused-ring (bicyclic) bond motifs is 2. The predicted molar refractivity (Wildman–Crippen MR) is 109 cm³/mol. The molecule has 0 atom stereocenters. The summed E-state index contributed by atoms with van der Waals surface area (Å²) >= 11 is 0. The predicted octanol–water partition coefficient (Wildman–Crippen LogP) is 4.91. The van der Waals surface area contributed by atoms with Gasteiger partial charge in [-0.2, -0.15) is 0 Å². The van der Waals surface area contributed by atoms with Crippen LogP contribution in [0.25, 0.3) is 0 Å². The van der Waals surface area contributed by atoms with E-state index < -0.39 is 5.92 Å². The number of nitrogens with one attached hydrogen (secondary N) is 2. The van der Waals surface area contributed by atoms with Gasteiger partial charge >= 0.3 is 0 Å². The van der Waals surface area contributed by atoms with Crippen molar-refractivity contribution in [2.75, 3.05) is 10.6 Å². The Hall–Kier alpha value is -3.60. The van der Waals surface area contributed by atoms with Crippen LogP contribution in [-0.4, -0.2) is 11.8 Å². The summed E-state index contributed by atoms with van der Waals surface area (Å²) in [6, 6.07) is 22.3. The molecule has 140 valence electrons. The van der Waals surface area contributed by atoms with E-state index >= 15 is 0 Å². The van der Waals surface area contributed by atoms with Gasteiger partial charge in [-0.1, -0.05) is 43.3 Å². The van der Waals surface area contributed by atoms with Crippen LogP contribution in [0.2, 0.25) is 0 Å². The van der Waals surface area contributed by atoms with Crippen LogP contribution in [0.1, 0.15) is 30.4 Å². The molecule has 2 N–H and O–H groups in total. The monoisotopic (exact) mass is 372 g/mol. The van der Waals surface area contributed by atoms with Gasteiger partial charge in [-0.25, -0.2) is 0 Å². The molecule has 4 rings (SSSR count). The topological polar surface area (TPSA) is 67.4 Å². The number of anilines is 2. The van der Waals surface area contributed by atoms with Crippen LogP contribution in [0.5, 0.6) is 11.5 Å². The molecular weight excluding hydrogens is 352 g/mol. The van der Waals surface area contributed by atoms with Crippen LogP contribution in [0.3, 0.4) is 0 Å². The zero-order chi connectivity index (χ0) is 19.5. The maximum atomic E-state index is 13.2. The van der Waals surface area contributed by atoms with Crippen LogP contribution in [0, 0.1) is 0 Å². The number of ether oxygens (including phenoxy) is 1. The summed E-state index contributed by atoms with van der Waals surface area (Å²) in [5.41, 5.74) is 3.05. The lowest BCUT2D eigenvalue weighted by Crippen LogP contribution is -2.25. The maximum absolute atomic E-state index is 13.2. The van der Waals surface area contributed by atoms with Crippen LogP contribution in [0.4, 0.5) is 11.4 Å². The molecule has 0 saturated carbocycles. The van der Waals surface area contributed by atoms with Gasteiger partial charge in [0.25, 0.3) is 0 Å². The molecule has 0 fully saturated rings. The molecule has 1 aliphatic heterocycles. The summed E-state index contributed by atoms with van der Waals surface area (Å²) in [5.74, 6) is 0.749. The van der Waals surface area contributed by atoms with Crippen molar-refractivity contribution >= 4 is 23.2 Å². The zero-order valence-corrected chi connectivity index (χ0v) is 15.4. The Morgan fingerprint density at radius 1 is 0.786 bits per heavy atom. The second-order valence-electron chi connectivity index (χ2n) is 6.58. The Balaban J connectivity index is 1.59. The number of para-hydroxylation sites is 2. The molecule has 0 spiro atoms. The molecule has 1 heterocycles. The minimum Gasteiger partial charge on any atom is -0.457 e. The van der Waals surface area contributed by atoms with Crippen molar-refractivity contribution in [3.63, 3.8) is 0 Å². The molecule has 3 aromatic carbocycles. The average Bonchev–Trinajstić information content (AvgIpc) is 2.73. The Morgan fingerprint density at radius 3 is 1.82 bits per heavy atom. The van der Waals surface area contributed by atoms with E-state index in [1.807, 2.05) is 48.5 Å². The fourth-order valence-electron chi connectivity index (χ4n) is 3.29. The number of benzene rings is 3. The summed E-state index contributed by atoms with van der Waals surface area (Å²) < 4.78 is 5.95. The lowest BCUT2D eigenvalue weighted by molar-refractivity contribution is -0.117. The van der Waals surface area contributed by atoms with Crippen LogP contribution >= 0.6 is 0 Å². The molecule has 1 aliphatic rings. The van der Waals surface area contributed by atoms with E-state index in [1.165, 1.54) is 0 Å². The molecule has 0 bridgehead atoms. The molecule has 0 aliphatic carbocycles. The number of rotatable bonds is 4. The van der Waals surface area contributed by atoms with Crippen molar-refractivity contribution in [2.24, 2.45) is 0 Å². The Labute approximate surface area is 163 Å². The molecular formula is C23H20N2O3. The van der Waals surface area contributed by atoms with E-state index in [2.05, 4.69) is 10.6 Å². The van der Waals surface area contributed by atoms with Crippen molar-refractivity contribution in [2.45, 2.75) is 19.3 Å². The molecule has 2 amide bonds. The first-order valence-electron chi connectivity index (χ1n) is 9.22. The number of hydrogen-bond acceptors (Lipinski definition) is 3. The van der Waals surface area contributed by atoms with Crippen molar-refractivity contribution in [1.82, 2.24) is 0 Å². The first-order valence-corrected chi connectivity index (χ1v) is 9.22. The lowest BCUT2D eigenvalue weighted by Gasteiger charge is -2.27. The first-order chi connectivity index (χ1) is 13.7. The van der Waals surface area contributed by atoms with Gasteiger partial charge in [0.2, 0.25) is 11.8 Å². The van der Waals surface area contributed by atoms with Gasteiger partial charge in [0, 0.05) is 28.9 Å². The lowest BCUT2D eigenvalue weighted by atomic mass is 9.87. The molecule has 0 unspecified atom stereocenters. The molecule has 0 aromatic heterocycles. The molecule has 0 radical (unpaired) electrons. The quantitative estimate of drug-likeness (QED) is 0.684. The maximum Gasteiger partial charge on any atom is 0.236 e. The van der Waals surface area contributed by atoms with Crippen LogP contribution in [0.15, 0.2) is 72.8 Å². The van der Waals surface area contributed by atoms with Crippen molar-refractivity contribution in [1.29, 1.82) is 0 Å². The molecule has 3 aromatic rings. The summed E-state index contributed by atoms with van der Waals surface area (Å²) in [6.07, 6.45) is 0.418. The highest BCUT2D eigenvalue weighted by molar-refractivity contribution is 6.00. The molecule has 0 saturated heterocycles. The zero-order valence-electron chi connectivity index (χ0n) is 15.4. The Kier molecular flexibility index (Phi) is 4.81. The van der Waals surface area contributed by atoms with Gasteiger partial charge in [0.1, 0.15) is 11.5 Å². The Bertz CT molecular complexity index is 983. The van der Waals surface area contributed by atoms with Gasteiger partial charge in [0.05, 0.1) is 5.92 Å². The van der Waals surface area contributed by atoms with Gasteiger partial charge in [-0.05, 0) is 36.4 Å². The van der Waals surface area contributed by atoms with Crippen LogP contribution < -0.4 is 15.4 Å². The smallest absolute Gasteiger partial charge is 0.236 e. The van der Waals surface area contributed by atoms with Crippen molar-refractivity contribution < 1.29 is 14.3 Å². The van der Waals surface area contributed by atoms with Gasteiger partial charge < -0.3 is 15.4 Å². The third-order valence-electron chi connectivity index (χ3n) is 4.70. The highest BCUT2D eigenvalue weighted by Gasteiger charge is 2.32. The third kappa shape index (κ3) is 3.47. The largest absolute Gasteiger partial charge is 0.457 e. The average molecular weight is 372 g/mol. The molecule has 5 nitrogen and oxygen atoms in total. The summed E-state index contributed by atoms with van der Waals surface area (Å²) in [7, 11) is 0. The van der Waals surface area contributed by atoms with E-state index in [-0.39, 0.29) is 11.8 Å². The van der Waals surface area contributed by atoms with E-state index in [1.54, 1.807) is 31.2 Å². The highest BCUT2D eigenvalue weighted by atomic mass is 16.5. The summed E-state index contributed by atoms with van der Waals surface area (Å²) in [4.78, 5) is 24.7. The third-order valence-corrected chi connectivity index (χ3v) is 4.70. The van der Waals surface area contributed by atoms with Crippen molar-refractivity contribution in [3.8, 4) is 11.5 Å². The Morgan fingerprint density at radius 2 is 1.29 bits per heavy atom. The SMILES string of the molecule is CCC(=O)Nc1ccc(NC(=O)C2c3ccccc3Oc3ccccc32)cc1. The number of hydrogen-bond donors (Lipinski definition) is 2. The van der Waals surface area contributed by atoms with E-state index in [0.29, 0.717) is 29.3 Å². The molecule has 5 heteroatoms. The van der Waals surface area contributed by atoms with Crippen LogP contribution in [-0.2, 0) is 9.59 Å². The molecule has 28 heavy (non-hydrogen) atoms. The summed E-state index contributed by atoms with van der Waals surface area (Å²) in [5, 5.41) is 5.77. The van der Waals surface area contributed by atoms with Gasteiger partial charge in [0.15, 0.2) is 0 Å². The first kappa shape index (κ1) is 17.8. The summed E-state index contributed by atoms with van der Waals surface area (Å²) in [6.45, 7) is 1.80. The second-order valence-corrected chi connectivity index (χ2v) is 6.58. The van der Waals surface area contributed by atoms with Crippen molar-refractivity contribution in [3.05, 3.63) is 83.9 Å². The van der Waals surface area contributed by atoms with E-state index in [4.69, 9.17) is 4.74 Å². The highest BCUT2D eigenvalue weighted by Crippen LogP contribution is 2.44. The number of amides is 2. The minimum absolute atomic E-state index is 0.0489. The fourth-order valence-corrected chi connectivity index (χ4v) is 3.29. The minimum atomic E-state index is -0.458. The van der Waals surface area contributed by atoms with Gasteiger partial charge in [-0.15, -0.1) is 0 Å². The number of carbonyl (C=O) groups excluding carboxylic acids is 2. The number of carbonyl (C=O) groups is 2. The van der Waals surface area contributed by atoms with E-state index in [0.717, 1.165) is 11.1 Å². The fraction of sp³-hybridized carbons (Fsp3) is 0.130.